The molecule has 0 saturated heterocycles. The Balaban J connectivity index is 1.70. The lowest BCUT2D eigenvalue weighted by Gasteiger charge is -2.33. The van der Waals surface area contributed by atoms with Crippen molar-refractivity contribution in [2.75, 3.05) is 4.72 Å². The van der Waals surface area contributed by atoms with Crippen LogP contribution in [0.15, 0.2) is 45.7 Å². The minimum absolute atomic E-state index is 0.0474. The second kappa shape index (κ2) is 7.22. The highest BCUT2D eigenvalue weighted by Crippen LogP contribution is 2.41. The van der Waals surface area contributed by atoms with E-state index in [4.69, 9.17) is 27.6 Å². The van der Waals surface area contributed by atoms with Crippen LogP contribution in [-0.2, 0) is 22.9 Å². The lowest BCUT2D eigenvalue weighted by Crippen LogP contribution is -2.26. The Morgan fingerprint density at radius 2 is 1.86 bits per heavy atom. The standard InChI is InChI=1S/C22H23Cl2NO3S/c1-22(2,3)13-4-8-19-16(10-13)17-12-15(6-9-20(17)28-19)25-29(26,27)21-11-14(23)5-7-18(21)24/h5-7,9,11-13,25H,4,8,10H2,1-3H3/t13-/m1/s1. The van der Waals surface area contributed by atoms with Gasteiger partial charge >= 0.3 is 0 Å². The fourth-order valence-electron chi connectivity index (χ4n) is 3.97. The minimum Gasteiger partial charge on any atom is -0.461 e. The summed E-state index contributed by atoms with van der Waals surface area (Å²) in [6.07, 6.45) is 2.94. The van der Waals surface area contributed by atoms with E-state index >= 15 is 0 Å². The Hall–Kier alpha value is -1.69. The number of hydrogen-bond acceptors (Lipinski definition) is 3. The van der Waals surface area contributed by atoms with E-state index in [1.54, 1.807) is 12.1 Å². The van der Waals surface area contributed by atoms with Crippen molar-refractivity contribution in [2.24, 2.45) is 11.3 Å². The predicted octanol–water partition coefficient (Wildman–Crippen LogP) is 6.69. The number of rotatable bonds is 3. The zero-order chi connectivity index (χ0) is 21.0. The zero-order valence-electron chi connectivity index (χ0n) is 16.6. The Morgan fingerprint density at radius 1 is 1.10 bits per heavy atom. The molecule has 0 radical (unpaired) electrons. The van der Waals surface area contributed by atoms with Crippen LogP contribution < -0.4 is 4.72 Å². The van der Waals surface area contributed by atoms with Gasteiger partial charge < -0.3 is 4.42 Å². The van der Waals surface area contributed by atoms with Crippen molar-refractivity contribution < 1.29 is 12.8 Å². The van der Waals surface area contributed by atoms with Gasteiger partial charge in [0.15, 0.2) is 0 Å². The van der Waals surface area contributed by atoms with E-state index in [-0.39, 0.29) is 15.3 Å². The number of aryl methyl sites for hydroxylation is 1. The minimum atomic E-state index is -3.87. The molecule has 3 aromatic rings. The first-order valence-corrected chi connectivity index (χ1v) is 11.8. The van der Waals surface area contributed by atoms with Crippen molar-refractivity contribution in [1.29, 1.82) is 0 Å². The molecular weight excluding hydrogens is 429 g/mol. The Bertz CT molecular complexity index is 1190. The lowest BCUT2D eigenvalue weighted by atomic mass is 9.71. The number of sulfonamides is 1. The molecule has 0 unspecified atom stereocenters. The molecule has 7 heteroatoms. The van der Waals surface area contributed by atoms with Gasteiger partial charge in [-0.05, 0) is 60.6 Å². The molecule has 0 spiro atoms. The number of furan rings is 1. The fraction of sp³-hybridized carbons (Fsp3) is 0.364. The van der Waals surface area contributed by atoms with E-state index in [1.165, 1.54) is 17.7 Å². The van der Waals surface area contributed by atoms with Crippen LogP contribution in [0.5, 0.6) is 0 Å². The van der Waals surface area contributed by atoms with Gasteiger partial charge in [0.2, 0.25) is 0 Å². The monoisotopic (exact) mass is 451 g/mol. The van der Waals surface area contributed by atoms with Gasteiger partial charge in [-0.2, -0.15) is 0 Å². The Labute approximate surface area is 181 Å². The second-order valence-electron chi connectivity index (χ2n) is 8.70. The summed E-state index contributed by atoms with van der Waals surface area (Å²) in [5, 5.41) is 1.39. The molecule has 4 nitrogen and oxygen atoms in total. The number of halogens is 2. The van der Waals surface area contributed by atoms with E-state index < -0.39 is 10.0 Å². The predicted molar refractivity (Wildman–Crippen MR) is 118 cm³/mol. The van der Waals surface area contributed by atoms with Crippen LogP contribution >= 0.6 is 23.2 Å². The molecule has 1 aromatic heterocycles. The highest BCUT2D eigenvalue weighted by atomic mass is 35.5. The smallest absolute Gasteiger partial charge is 0.263 e. The summed E-state index contributed by atoms with van der Waals surface area (Å²) in [4.78, 5) is -0.0474. The molecule has 0 saturated carbocycles. The van der Waals surface area contributed by atoms with Crippen LogP contribution in [0.25, 0.3) is 11.0 Å². The van der Waals surface area contributed by atoms with Crippen LogP contribution in [0.1, 0.15) is 38.5 Å². The second-order valence-corrected chi connectivity index (χ2v) is 11.2. The van der Waals surface area contributed by atoms with Crippen LogP contribution in [0.4, 0.5) is 5.69 Å². The van der Waals surface area contributed by atoms with E-state index in [2.05, 4.69) is 25.5 Å². The van der Waals surface area contributed by atoms with E-state index in [0.717, 1.165) is 36.0 Å². The molecule has 0 fully saturated rings. The molecule has 29 heavy (non-hydrogen) atoms. The summed E-state index contributed by atoms with van der Waals surface area (Å²) in [5.41, 5.74) is 2.65. The molecule has 2 aromatic carbocycles. The van der Waals surface area contributed by atoms with Crippen LogP contribution in [0.2, 0.25) is 10.0 Å². The van der Waals surface area contributed by atoms with Crippen molar-refractivity contribution in [1.82, 2.24) is 0 Å². The first-order chi connectivity index (χ1) is 13.5. The molecule has 1 heterocycles. The van der Waals surface area contributed by atoms with E-state index in [9.17, 15) is 8.42 Å². The van der Waals surface area contributed by atoms with Gasteiger partial charge in [0, 0.05) is 28.1 Å². The summed E-state index contributed by atoms with van der Waals surface area (Å²) in [5.74, 6) is 1.57. The summed E-state index contributed by atoms with van der Waals surface area (Å²) in [7, 11) is -3.87. The van der Waals surface area contributed by atoms with Gasteiger partial charge in [0.25, 0.3) is 10.0 Å². The zero-order valence-corrected chi connectivity index (χ0v) is 18.9. The SMILES string of the molecule is CC(C)(C)[C@@H]1CCc2oc3ccc(NS(=O)(=O)c4cc(Cl)ccc4Cl)cc3c2C1. The third-order valence-corrected chi connectivity index (χ3v) is 7.80. The summed E-state index contributed by atoms with van der Waals surface area (Å²) < 4.78 is 34.3. The largest absolute Gasteiger partial charge is 0.461 e. The molecule has 1 atom stereocenters. The summed E-state index contributed by atoms with van der Waals surface area (Å²) >= 11 is 12.0. The topological polar surface area (TPSA) is 59.3 Å². The van der Waals surface area contributed by atoms with Gasteiger partial charge in [-0.15, -0.1) is 0 Å². The number of fused-ring (bicyclic) bond motifs is 3. The van der Waals surface area contributed by atoms with E-state index in [0.29, 0.717) is 16.6 Å². The Morgan fingerprint density at radius 3 is 2.59 bits per heavy atom. The van der Waals surface area contributed by atoms with Crippen molar-refractivity contribution in [3.05, 3.63) is 57.8 Å². The van der Waals surface area contributed by atoms with Crippen molar-refractivity contribution >= 4 is 49.9 Å². The molecular formula is C22H23Cl2NO3S. The third-order valence-electron chi connectivity index (χ3n) is 5.70. The number of anilines is 1. The van der Waals surface area contributed by atoms with Gasteiger partial charge in [-0.1, -0.05) is 44.0 Å². The first-order valence-electron chi connectivity index (χ1n) is 9.57. The average Bonchev–Trinajstić information content (AvgIpc) is 3.00. The maximum atomic E-state index is 12.8. The highest BCUT2D eigenvalue weighted by Gasteiger charge is 2.31. The molecule has 0 aliphatic heterocycles. The van der Waals surface area contributed by atoms with E-state index in [1.807, 2.05) is 12.1 Å². The van der Waals surface area contributed by atoms with Crippen molar-refractivity contribution in [3.63, 3.8) is 0 Å². The highest BCUT2D eigenvalue weighted by molar-refractivity contribution is 7.92. The molecule has 4 rings (SSSR count). The molecule has 1 aliphatic carbocycles. The molecule has 1 aliphatic rings. The van der Waals surface area contributed by atoms with Gasteiger partial charge in [-0.25, -0.2) is 8.42 Å². The third kappa shape index (κ3) is 4.00. The van der Waals surface area contributed by atoms with Crippen LogP contribution in [-0.4, -0.2) is 8.42 Å². The number of nitrogens with one attached hydrogen (secondary N) is 1. The molecule has 154 valence electrons. The fourth-order valence-corrected chi connectivity index (χ4v) is 5.79. The molecule has 0 amide bonds. The van der Waals surface area contributed by atoms with Crippen molar-refractivity contribution in [2.45, 2.75) is 44.9 Å². The van der Waals surface area contributed by atoms with Crippen LogP contribution in [0, 0.1) is 11.3 Å². The normalized spacial score (nSPS) is 17.3. The lowest BCUT2D eigenvalue weighted by molar-refractivity contribution is 0.210. The maximum absolute atomic E-state index is 12.8. The quantitative estimate of drug-likeness (QED) is 0.482. The van der Waals surface area contributed by atoms with Gasteiger partial charge in [0.05, 0.1) is 5.02 Å². The molecule has 0 bridgehead atoms. The summed E-state index contributed by atoms with van der Waals surface area (Å²) in [6.45, 7) is 6.79. The molecule has 1 N–H and O–H groups in total. The van der Waals surface area contributed by atoms with Gasteiger partial charge in [-0.3, -0.25) is 4.72 Å². The number of hydrogen-bond donors (Lipinski definition) is 1. The summed E-state index contributed by atoms with van der Waals surface area (Å²) in [6, 6.07) is 9.74. The van der Waals surface area contributed by atoms with Gasteiger partial charge in [0.1, 0.15) is 16.2 Å². The average molecular weight is 452 g/mol. The maximum Gasteiger partial charge on any atom is 0.263 e. The Kier molecular flexibility index (Phi) is 5.12. The van der Waals surface area contributed by atoms with Crippen LogP contribution in [0.3, 0.4) is 0 Å². The number of benzene rings is 2. The first kappa shape index (κ1) is 20.6. The van der Waals surface area contributed by atoms with Crippen molar-refractivity contribution in [3.8, 4) is 0 Å².